The second-order valence-corrected chi connectivity index (χ2v) is 7.89. The highest BCUT2D eigenvalue weighted by molar-refractivity contribution is 6.14. The van der Waals surface area contributed by atoms with Gasteiger partial charge in [0, 0.05) is 11.5 Å². The Labute approximate surface area is 194 Å². The van der Waals surface area contributed by atoms with Gasteiger partial charge in [0.2, 0.25) is 0 Å². The zero-order chi connectivity index (χ0) is 24.4. The molecule has 0 atom stereocenters. The molecule has 0 saturated carbocycles. The van der Waals surface area contributed by atoms with Crippen LogP contribution in [0.1, 0.15) is 43.4 Å². The third kappa shape index (κ3) is 4.47. The van der Waals surface area contributed by atoms with E-state index in [1.807, 2.05) is 31.2 Å². The molecule has 2 heterocycles. The number of aryl methyl sites for hydroxylation is 1. The van der Waals surface area contributed by atoms with E-state index in [1.165, 1.54) is 18.2 Å². The molecule has 2 aromatic heterocycles. The van der Waals surface area contributed by atoms with E-state index in [0.717, 1.165) is 22.9 Å². The first-order valence-corrected chi connectivity index (χ1v) is 10.5. The lowest BCUT2D eigenvalue weighted by molar-refractivity contribution is 0.0996. The summed E-state index contributed by atoms with van der Waals surface area (Å²) >= 11 is 0. The van der Waals surface area contributed by atoms with Gasteiger partial charge in [-0.3, -0.25) is 14.3 Å². The van der Waals surface area contributed by atoms with Crippen LogP contribution < -0.4 is 11.1 Å². The molecule has 4 rings (SSSR count). The molecular weight excluding hydrogens is 435 g/mol. The number of rotatable bonds is 6. The molecule has 4 aromatic rings. The number of nitriles is 1. The van der Waals surface area contributed by atoms with Gasteiger partial charge in [-0.05, 0) is 43.2 Å². The Morgan fingerprint density at radius 1 is 1.12 bits per heavy atom. The van der Waals surface area contributed by atoms with Crippen LogP contribution >= 0.6 is 0 Å². The number of anilines is 1. The van der Waals surface area contributed by atoms with Gasteiger partial charge in [-0.1, -0.05) is 24.3 Å². The molecule has 0 fully saturated rings. The predicted molar refractivity (Wildman–Crippen MR) is 125 cm³/mol. The van der Waals surface area contributed by atoms with E-state index in [4.69, 9.17) is 11.0 Å². The van der Waals surface area contributed by atoms with Crippen molar-refractivity contribution in [3.63, 3.8) is 0 Å². The van der Waals surface area contributed by atoms with Crippen molar-refractivity contribution in [1.82, 2.24) is 14.8 Å². The van der Waals surface area contributed by atoms with Crippen LogP contribution in [0.2, 0.25) is 0 Å². The van der Waals surface area contributed by atoms with Crippen LogP contribution in [0.15, 0.2) is 48.5 Å². The molecule has 3 N–H and O–H groups in total. The van der Waals surface area contributed by atoms with Crippen LogP contribution in [-0.2, 0) is 13.0 Å². The summed E-state index contributed by atoms with van der Waals surface area (Å²) in [7, 11) is 0. The van der Waals surface area contributed by atoms with Crippen molar-refractivity contribution in [2.75, 3.05) is 5.32 Å². The Balaban J connectivity index is 1.64. The first kappa shape index (κ1) is 22.6. The summed E-state index contributed by atoms with van der Waals surface area (Å²) in [6.07, 6.45) is 0.351. The average molecular weight is 456 g/mol. The van der Waals surface area contributed by atoms with Gasteiger partial charge in [0.1, 0.15) is 11.5 Å². The average Bonchev–Trinajstić information content (AvgIpc) is 3.06. The van der Waals surface area contributed by atoms with Crippen molar-refractivity contribution in [3.8, 4) is 6.07 Å². The molecule has 34 heavy (non-hydrogen) atoms. The molecule has 0 bridgehead atoms. The monoisotopic (exact) mass is 456 g/mol. The van der Waals surface area contributed by atoms with Gasteiger partial charge in [-0.2, -0.15) is 10.4 Å². The number of primary amides is 1. The van der Waals surface area contributed by atoms with Gasteiger partial charge in [0.15, 0.2) is 0 Å². The number of benzene rings is 2. The van der Waals surface area contributed by atoms with E-state index in [0.29, 0.717) is 29.7 Å². The number of nitrogens with one attached hydrogen (secondary N) is 1. The summed E-state index contributed by atoms with van der Waals surface area (Å²) in [4.78, 5) is 29.0. The topological polar surface area (TPSA) is 127 Å². The van der Waals surface area contributed by atoms with Crippen LogP contribution in [0, 0.1) is 31.0 Å². The minimum Gasteiger partial charge on any atom is -0.364 e. The minimum absolute atomic E-state index is 0.132. The van der Waals surface area contributed by atoms with Gasteiger partial charge in [-0.15, -0.1) is 0 Å². The number of nitrogens with two attached hydrogens (primary N) is 1. The maximum absolute atomic E-state index is 13.7. The van der Waals surface area contributed by atoms with E-state index in [9.17, 15) is 14.0 Å². The lowest BCUT2D eigenvalue weighted by atomic mass is 10.1. The maximum Gasteiger partial charge on any atom is 0.267 e. The lowest BCUT2D eigenvalue weighted by Crippen LogP contribution is -2.18. The number of halogens is 1. The fourth-order valence-corrected chi connectivity index (χ4v) is 3.76. The highest BCUT2D eigenvalue weighted by Crippen LogP contribution is 2.25. The fourth-order valence-electron chi connectivity index (χ4n) is 3.76. The van der Waals surface area contributed by atoms with Gasteiger partial charge < -0.3 is 11.1 Å². The highest BCUT2D eigenvalue weighted by atomic mass is 19.1. The molecule has 0 radical (unpaired) electrons. The SMILES string of the molecule is Cc1nn(Cc2ccc(CC#N)cc2)c(C)c1NC(=O)c1cc(C(N)=O)nc2cc(F)ccc12. The molecule has 9 heteroatoms. The molecule has 0 spiro atoms. The van der Waals surface area contributed by atoms with E-state index >= 15 is 0 Å². The number of aromatic nitrogens is 3. The Morgan fingerprint density at radius 3 is 2.50 bits per heavy atom. The third-order valence-electron chi connectivity index (χ3n) is 5.53. The van der Waals surface area contributed by atoms with E-state index in [2.05, 4.69) is 21.5 Å². The largest absolute Gasteiger partial charge is 0.364 e. The van der Waals surface area contributed by atoms with Crippen molar-refractivity contribution in [1.29, 1.82) is 5.26 Å². The highest BCUT2D eigenvalue weighted by Gasteiger charge is 2.19. The van der Waals surface area contributed by atoms with Crippen molar-refractivity contribution in [2.45, 2.75) is 26.8 Å². The molecule has 170 valence electrons. The van der Waals surface area contributed by atoms with Crippen molar-refractivity contribution < 1.29 is 14.0 Å². The molecule has 0 aliphatic carbocycles. The van der Waals surface area contributed by atoms with Crippen LogP contribution in [0.5, 0.6) is 0 Å². The summed E-state index contributed by atoms with van der Waals surface area (Å²) in [5, 5.41) is 16.6. The van der Waals surface area contributed by atoms with E-state index < -0.39 is 17.6 Å². The molecule has 0 saturated heterocycles. The fraction of sp³-hybridized carbons (Fsp3) is 0.160. The predicted octanol–water partition coefficient (Wildman–Crippen LogP) is 3.65. The van der Waals surface area contributed by atoms with Crippen molar-refractivity contribution in [3.05, 3.63) is 88.1 Å². The first-order valence-electron chi connectivity index (χ1n) is 10.5. The number of carbonyl (C=O) groups is 2. The Hall–Kier alpha value is -4.58. The molecule has 8 nitrogen and oxygen atoms in total. The number of carbonyl (C=O) groups excluding carboxylic acids is 2. The second-order valence-electron chi connectivity index (χ2n) is 7.89. The smallest absolute Gasteiger partial charge is 0.267 e. The summed E-state index contributed by atoms with van der Waals surface area (Å²) in [5.41, 5.74) is 9.37. The zero-order valence-corrected chi connectivity index (χ0v) is 18.6. The van der Waals surface area contributed by atoms with Gasteiger partial charge in [0.05, 0.1) is 47.2 Å². The standard InChI is InChI=1S/C25H21FN6O2/c1-14-23(15(2)32(31-14)13-17-5-3-16(4-6-17)9-10-27)30-25(34)20-12-22(24(28)33)29-21-11-18(26)7-8-19(20)21/h3-8,11-12H,9,13H2,1-2H3,(H2,28,33)(H,30,34). The Bertz CT molecular complexity index is 1470. The summed E-state index contributed by atoms with van der Waals surface area (Å²) in [5.74, 6) is -1.85. The number of nitrogens with zero attached hydrogens (tertiary/aromatic N) is 4. The number of hydrogen-bond donors (Lipinski definition) is 2. The minimum atomic E-state index is -0.818. The number of hydrogen-bond acceptors (Lipinski definition) is 5. The molecule has 0 aliphatic rings. The zero-order valence-electron chi connectivity index (χ0n) is 18.6. The molecule has 0 aliphatic heterocycles. The van der Waals surface area contributed by atoms with E-state index in [-0.39, 0.29) is 16.8 Å². The summed E-state index contributed by atoms with van der Waals surface area (Å²) in [6.45, 7) is 4.11. The Kier molecular flexibility index (Phi) is 6.06. The summed E-state index contributed by atoms with van der Waals surface area (Å²) < 4.78 is 15.5. The molecular formula is C25H21FN6O2. The normalized spacial score (nSPS) is 10.8. The van der Waals surface area contributed by atoms with Crippen molar-refractivity contribution >= 4 is 28.4 Å². The molecule has 2 aromatic carbocycles. The second kappa shape index (κ2) is 9.11. The van der Waals surface area contributed by atoms with Crippen LogP contribution in [0.3, 0.4) is 0 Å². The van der Waals surface area contributed by atoms with Crippen LogP contribution in [-0.4, -0.2) is 26.6 Å². The van der Waals surface area contributed by atoms with Gasteiger partial charge in [0.25, 0.3) is 11.8 Å². The summed E-state index contributed by atoms with van der Waals surface area (Å²) in [6, 6.07) is 14.9. The first-order chi connectivity index (χ1) is 16.3. The number of amides is 2. The Morgan fingerprint density at radius 2 is 1.82 bits per heavy atom. The van der Waals surface area contributed by atoms with Gasteiger partial charge in [-0.25, -0.2) is 9.37 Å². The maximum atomic E-state index is 13.7. The third-order valence-corrected chi connectivity index (χ3v) is 5.53. The van der Waals surface area contributed by atoms with Gasteiger partial charge >= 0.3 is 0 Å². The van der Waals surface area contributed by atoms with E-state index in [1.54, 1.807) is 11.6 Å². The van der Waals surface area contributed by atoms with Crippen LogP contribution in [0.25, 0.3) is 10.9 Å². The molecule has 2 amide bonds. The van der Waals surface area contributed by atoms with Crippen molar-refractivity contribution in [2.24, 2.45) is 5.73 Å². The number of fused-ring (bicyclic) bond motifs is 1. The molecule has 0 unspecified atom stereocenters. The lowest BCUT2D eigenvalue weighted by Gasteiger charge is -2.10. The number of pyridine rings is 1. The quantitative estimate of drug-likeness (QED) is 0.458. The van der Waals surface area contributed by atoms with Crippen LogP contribution in [0.4, 0.5) is 10.1 Å².